The van der Waals surface area contributed by atoms with Crippen LogP contribution in [0.2, 0.25) is 0 Å². The monoisotopic (exact) mass is 186 g/mol. The molecule has 2 N–H and O–H groups in total. The Balaban J connectivity index is 2.36. The van der Waals surface area contributed by atoms with Crippen molar-refractivity contribution in [3.63, 3.8) is 0 Å². The summed E-state index contributed by atoms with van der Waals surface area (Å²) >= 11 is 0. The first kappa shape index (κ1) is 9.98. The Bertz CT molecular complexity index is 209. The maximum absolute atomic E-state index is 11.2. The van der Waals surface area contributed by atoms with E-state index in [0.717, 1.165) is 25.9 Å². The van der Waals surface area contributed by atoms with Crippen LogP contribution in [0.3, 0.4) is 0 Å². The third-order valence-corrected chi connectivity index (χ3v) is 2.32. The Morgan fingerprint density at radius 2 is 1.92 bits per heavy atom. The molecular weight excluding hydrogens is 172 g/mol. The summed E-state index contributed by atoms with van der Waals surface area (Å²) in [5, 5.41) is 10.2. The zero-order chi connectivity index (χ0) is 9.84. The molecule has 0 atom stereocenters. The van der Waals surface area contributed by atoms with Crippen molar-refractivity contribution < 1.29 is 14.7 Å². The highest BCUT2D eigenvalue weighted by atomic mass is 16.4. The van der Waals surface area contributed by atoms with Gasteiger partial charge in [0.05, 0.1) is 0 Å². The zero-order valence-electron chi connectivity index (χ0n) is 7.62. The van der Waals surface area contributed by atoms with E-state index in [0.29, 0.717) is 0 Å². The standard InChI is InChI=1S/C8H14N2O3/c1-10-4-2-6(3-5-10)7(11)9-8(12)13/h6H,2-5H2,1H3,(H,9,11)(H,12,13). The molecule has 0 aromatic rings. The first-order valence-corrected chi connectivity index (χ1v) is 4.32. The van der Waals surface area contributed by atoms with Crippen molar-refractivity contribution in [1.82, 2.24) is 10.2 Å². The molecule has 5 heteroatoms. The molecule has 2 amide bonds. The fourth-order valence-electron chi connectivity index (χ4n) is 1.48. The van der Waals surface area contributed by atoms with Crippen molar-refractivity contribution in [3.05, 3.63) is 0 Å². The second kappa shape index (κ2) is 4.23. The van der Waals surface area contributed by atoms with Crippen LogP contribution in [0.4, 0.5) is 4.79 Å². The van der Waals surface area contributed by atoms with Gasteiger partial charge in [-0.25, -0.2) is 4.79 Å². The number of nitrogens with zero attached hydrogens (tertiary/aromatic N) is 1. The highest BCUT2D eigenvalue weighted by Gasteiger charge is 2.24. The summed E-state index contributed by atoms with van der Waals surface area (Å²) < 4.78 is 0. The Hall–Kier alpha value is -1.10. The normalized spacial score (nSPS) is 19.8. The molecule has 0 bridgehead atoms. The molecule has 0 saturated carbocycles. The van der Waals surface area contributed by atoms with Crippen LogP contribution < -0.4 is 5.32 Å². The number of likely N-dealkylation sites (tertiary alicyclic amines) is 1. The lowest BCUT2D eigenvalue weighted by Crippen LogP contribution is -2.40. The SMILES string of the molecule is CN1CCC(C(=O)NC(=O)O)CC1. The number of carboxylic acid groups (broad SMARTS) is 1. The fourth-order valence-corrected chi connectivity index (χ4v) is 1.48. The van der Waals surface area contributed by atoms with Gasteiger partial charge < -0.3 is 10.0 Å². The maximum atomic E-state index is 11.2. The molecular formula is C8H14N2O3. The quantitative estimate of drug-likeness (QED) is 0.610. The van der Waals surface area contributed by atoms with Gasteiger partial charge in [-0.3, -0.25) is 10.1 Å². The Kier molecular flexibility index (Phi) is 3.25. The molecule has 0 aliphatic carbocycles. The molecule has 1 heterocycles. The lowest BCUT2D eigenvalue weighted by molar-refractivity contribution is -0.125. The van der Waals surface area contributed by atoms with Crippen molar-refractivity contribution in [2.75, 3.05) is 20.1 Å². The van der Waals surface area contributed by atoms with Crippen molar-refractivity contribution in [3.8, 4) is 0 Å². The third kappa shape index (κ3) is 3.02. The third-order valence-electron chi connectivity index (χ3n) is 2.32. The molecule has 0 aromatic heterocycles. The van der Waals surface area contributed by atoms with E-state index >= 15 is 0 Å². The van der Waals surface area contributed by atoms with Gasteiger partial charge in [-0.2, -0.15) is 0 Å². The van der Waals surface area contributed by atoms with Crippen molar-refractivity contribution in [1.29, 1.82) is 0 Å². The largest absolute Gasteiger partial charge is 0.465 e. The molecule has 0 unspecified atom stereocenters. The number of hydrogen-bond donors (Lipinski definition) is 2. The van der Waals surface area contributed by atoms with Crippen LogP contribution in [0.5, 0.6) is 0 Å². The molecule has 13 heavy (non-hydrogen) atoms. The van der Waals surface area contributed by atoms with E-state index in [4.69, 9.17) is 5.11 Å². The smallest absolute Gasteiger partial charge is 0.411 e. The lowest BCUT2D eigenvalue weighted by Gasteiger charge is -2.27. The second-order valence-electron chi connectivity index (χ2n) is 3.37. The molecule has 5 nitrogen and oxygen atoms in total. The number of amides is 2. The average Bonchev–Trinajstić information content (AvgIpc) is 2.04. The molecule has 1 aliphatic rings. The highest BCUT2D eigenvalue weighted by molar-refractivity contribution is 5.92. The van der Waals surface area contributed by atoms with Crippen LogP contribution in [0, 0.1) is 5.92 Å². The predicted octanol–water partition coefficient (Wildman–Crippen LogP) is 0.122. The van der Waals surface area contributed by atoms with E-state index in [1.807, 2.05) is 12.4 Å². The molecule has 1 fully saturated rings. The number of carbonyl (C=O) groups excluding carboxylic acids is 1. The zero-order valence-corrected chi connectivity index (χ0v) is 7.62. The van der Waals surface area contributed by atoms with Gasteiger partial charge in [-0.15, -0.1) is 0 Å². The summed E-state index contributed by atoms with van der Waals surface area (Å²) in [6, 6.07) is 0. The Morgan fingerprint density at radius 3 is 2.38 bits per heavy atom. The van der Waals surface area contributed by atoms with Gasteiger partial charge in [0.25, 0.3) is 0 Å². The number of nitrogens with one attached hydrogen (secondary N) is 1. The van der Waals surface area contributed by atoms with Gasteiger partial charge in [0.1, 0.15) is 0 Å². The second-order valence-corrected chi connectivity index (χ2v) is 3.37. The van der Waals surface area contributed by atoms with E-state index in [1.165, 1.54) is 0 Å². The summed E-state index contributed by atoms with van der Waals surface area (Å²) in [4.78, 5) is 23.5. The molecule has 0 radical (unpaired) electrons. The molecule has 1 saturated heterocycles. The van der Waals surface area contributed by atoms with E-state index < -0.39 is 6.09 Å². The van der Waals surface area contributed by atoms with Crippen molar-refractivity contribution in [2.24, 2.45) is 5.92 Å². The average molecular weight is 186 g/mol. The molecule has 0 aromatic carbocycles. The van der Waals surface area contributed by atoms with E-state index in [1.54, 1.807) is 0 Å². The van der Waals surface area contributed by atoms with Gasteiger partial charge in [-0.1, -0.05) is 0 Å². The number of rotatable bonds is 1. The number of hydrogen-bond acceptors (Lipinski definition) is 3. The summed E-state index contributed by atoms with van der Waals surface area (Å²) in [6.45, 7) is 1.72. The summed E-state index contributed by atoms with van der Waals surface area (Å²) in [6.07, 6.45) is 0.231. The number of carbonyl (C=O) groups is 2. The molecule has 0 spiro atoms. The summed E-state index contributed by atoms with van der Waals surface area (Å²) in [7, 11) is 1.99. The van der Waals surface area contributed by atoms with Crippen molar-refractivity contribution in [2.45, 2.75) is 12.8 Å². The van der Waals surface area contributed by atoms with Crippen LogP contribution >= 0.6 is 0 Å². The van der Waals surface area contributed by atoms with Gasteiger partial charge in [0.2, 0.25) is 5.91 Å². The molecule has 1 aliphatic heterocycles. The summed E-state index contributed by atoms with van der Waals surface area (Å²) in [5.74, 6) is -0.493. The summed E-state index contributed by atoms with van der Waals surface area (Å²) in [5.41, 5.74) is 0. The Morgan fingerprint density at radius 1 is 1.38 bits per heavy atom. The topological polar surface area (TPSA) is 69.6 Å². The Labute approximate surface area is 76.7 Å². The van der Waals surface area contributed by atoms with Gasteiger partial charge in [-0.05, 0) is 33.0 Å². The van der Waals surface area contributed by atoms with E-state index in [2.05, 4.69) is 4.90 Å². The van der Waals surface area contributed by atoms with E-state index in [-0.39, 0.29) is 11.8 Å². The molecule has 1 rings (SSSR count). The van der Waals surface area contributed by atoms with Gasteiger partial charge >= 0.3 is 6.09 Å². The van der Waals surface area contributed by atoms with Crippen LogP contribution in [0.25, 0.3) is 0 Å². The minimum atomic E-state index is -1.26. The van der Waals surface area contributed by atoms with Gasteiger partial charge in [0, 0.05) is 5.92 Å². The minimum Gasteiger partial charge on any atom is -0.465 e. The van der Waals surface area contributed by atoms with Crippen LogP contribution in [0.15, 0.2) is 0 Å². The fraction of sp³-hybridized carbons (Fsp3) is 0.750. The predicted molar refractivity (Wildman–Crippen MR) is 46.4 cm³/mol. The molecule has 74 valence electrons. The van der Waals surface area contributed by atoms with Gasteiger partial charge in [0.15, 0.2) is 0 Å². The first-order chi connectivity index (χ1) is 6.09. The first-order valence-electron chi connectivity index (χ1n) is 4.32. The number of imide groups is 1. The lowest BCUT2D eigenvalue weighted by atomic mass is 9.96. The van der Waals surface area contributed by atoms with Crippen molar-refractivity contribution >= 4 is 12.0 Å². The van der Waals surface area contributed by atoms with Crippen LogP contribution in [0.1, 0.15) is 12.8 Å². The van der Waals surface area contributed by atoms with Crippen LogP contribution in [-0.4, -0.2) is 42.1 Å². The minimum absolute atomic E-state index is 0.132. The highest BCUT2D eigenvalue weighted by Crippen LogP contribution is 2.15. The van der Waals surface area contributed by atoms with Crippen LogP contribution in [-0.2, 0) is 4.79 Å². The number of piperidine rings is 1. The maximum Gasteiger partial charge on any atom is 0.411 e. The van der Waals surface area contributed by atoms with E-state index in [9.17, 15) is 9.59 Å².